The molecule has 0 aliphatic heterocycles. The molecule has 0 bridgehead atoms. The molecule has 126 valence electrons. The first-order valence-corrected chi connectivity index (χ1v) is 7.75. The average molecular weight is 328 g/mol. The van der Waals surface area contributed by atoms with E-state index in [1.807, 2.05) is 0 Å². The number of rotatable bonds is 8. The molecule has 0 heterocycles. The fourth-order valence-corrected chi connectivity index (χ4v) is 2.56. The minimum absolute atomic E-state index is 0.0495. The Bertz CT molecular complexity index is 689. The lowest BCUT2D eigenvalue weighted by Crippen LogP contribution is -2.11. The molecule has 0 amide bonds. The number of hydrogen-bond donors (Lipinski definition) is 3. The number of carbonyl (C=O) groups is 2. The predicted octanol–water partition coefficient (Wildman–Crippen LogP) is 2.87. The Hall–Kier alpha value is -2.66. The highest BCUT2D eigenvalue weighted by molar-refractivity contribution is 5.87. The molecule has 2 aromatic rings. The fraction of sp³-hybridized carbons (Fsp3) is 0.263. The average Bonchev–Trinajstić information content (AvgIpc) is 2.59. The summed E-state index contributed by atoms with van der Waals surface area (Å²) < 4.78 is 0. The Balaban J connectivity index is 1.91. The van der Waals surface area contributed by atoms with Crippen LogP contribution >= 0.6 is 0 Å². The molecule has 2 aromatic carbocycles. The van der Waals surface area contributed by atoms with Gasteiger partial charge in [0.05, 0.1) is 11.1 Å². The van der Waals surface area contributed by atoms with Crippen molar-refractivity contribution in [3.63, 3.8) is 0 Å². The van der Waals surface area contributed by atoms with Crippen molar-refractivity contribution >= 4 is 11.9 Å². The predicted molar refractivity (Wildman–Crippen MR) is 89.4 cm³/mol. The summed E-state index contributed by atoms with van der Waals surface area (Å²) in [6.07, 6.45) is 2.19. The van der Waals surface area contributed by atoms with Crippen LogP contribution < -0.4 is 0 Å². The van der Waals surface area contributed by atoms with E-state index in [0.29, 0.717) is 6.42 Å². The number of carboxylic acid groups (broad SMARTS) is 2. The van der Waals surface area contributed by atoms with E-state index in [4.69, 9.17) is 10.2 Å². The molecule has 0 spiro atoms. The second kappa shape index (κ2) is 8.26. The molecular weight excluding hydrogens is 308 g/mol. The van der Waals surface area contributed by atoms with Crippen LogP contribution in [-0.4, -0.2) is 33.9 Å². The minimum Gasteiger partial charge on any atom is -0.478 e. The second-order valence-electron chi connectivity index (χ2n) is 5.80. The summed E-state index contributed by atoms with van der Waals surface area (Å²) in [6, 6.07) is 13.4. The first-order valence-electron chi connectivity index (χ1n) is 7.75. The van der Waals surface area contributed by atoms with E-state index < -0.39 is 11.9 Å². The maximum atomic E-state index is 10.8. The summed E-state index contributed by atoms with van der Waals surface area (Å²) in [7, 11) is 0. The van der Waals surface area contributed by atoms with Gasteiger partial charge in [-0.15, -0.1) is 0 Å². The normalized spacial score (nSPS) is 11.9. The summed E-state index contributed by atoms with van der Waals surface area (Å²) in [6.45, 7) is 0.0495. The lowest BCUT2D eigenvalue weighted by Gasteiger charge is -2.14. The molecular formula is C19H20O5. The summed E-state index contributed by atoms with van der Waals surface area (Å²) in [5.74, 6) is -1.83. The van der Waals surface area contributed by atoms with E-state index in [2.05, 4.69) is 0 Å². The molecule has 0 aromatic heterocycles. The topological polar surface area (TPSA) is 94.8 Å². The van der Waals surface area contributed by atoms with Gasteiger partial charge in [-0.1, -0.05) is 24.3 Å². The van der Waals surface area contributed by atoms with Crippen LogP contribution in [0.4, 0.5) is 0 Å². The maximum Gasteiger partial charge on any atom is 0.335 e. The Morgan fingerprint density at radius 2 is 1.25 bits per heavy atom. The Kier molecular flexibility index (Phi) is 6.09. The Morgan fingerprint density at radius 3 is 1.67 bits per heavy atom. The van der Waals surface area contributed by atoms with E-state index in [1.165, 1.54) is 0 Å². The van der Waals surface area contributed by atoms with E-state index in [9.17, 15) is 14.7 Å². The molecule has 0 saturated heterocycles. The van der Waals surface area contributed by atoms with Crippen LogP contribution in [0, 0.1) is 5.92 Å². The third-order valence-electron chi connectivity index (χ3n) is 4.03. The fourth-order valence-electron chi connectivity index (χ4n) is 2.56. The van der Waals surface area contributed by atoms with E-state index in [0.717, 1.165) is 24.0 Å². The monoisotopic (exact) mass is 328 g/mol. The lowest BCUT2D eigenvalue weighted by molar-refractivity contribution is 0.0686. The van der Waals surface area contributed by atoms with Crippen LogP contribution in [0.15, 0.2) is 48.5 Å². The number of aliphatic hydroxyl groups is 1. The molecule has 0 aliphatic carbocycles. The number of benzene rings is 2. The van der Waals surface area contributed by atoms with Crippen LogP contribution in [0.1, 0.15) is 38.3 Å². The smallest absolute Gasteiger partial charge is 0.335 e. The molecule has 0 fully saturated rings. The van der Waals surface area contributed by atoms with Gasteiger partial charge in [-0.3, -0.25) is 0 Å². The number of carboxylic acids is 2. The highest BCUT2D eigenvalue weighted by Gasteiger charge is 2.11. The molecule has 5 nitrogen and oxygen atoms in total. The molecule has 1 unspecified atom stereocenters. The third-order valence-corrected chi connectivity index (χ3v) is 4.03. The summed E-state index contributed by atoms with van der Waals surface area (Å²) in [5.41, 5.74) is 2.52. The van der Waals surface area contributed by atoms with Gasteiger partial charge in [0.1, 0.15) is 0 Å². The summed E-state index contributed by atoms with van der Waals surface area (Å²) in [5, 5.41) is 27.3. The van der Waals surface area contributed by atoms with Crippen molar-refractivity contribution in [1.29, 1.82) is 0 Å². The number of aliphatic hydroxyl groups excluding tert-OH is 1. The van der Waals surface area contributed by atoms with Gasteiger partial charge in [0.25, 0.3) is 0 Å². The largest absolute Gasteiger partial charge is 0.478 e. The van der Waals surface area contributed by atoms with Crippen molar-refractivity contribution in [1.82, 2.24) is 0 Å². The van der Waals surface area contributed by atoms with Gasteiger partial charge in [0.2, 0.25) is 0 Å². The van der Waals surface area contributed by atoms with Crippen molar-refractivity contribution in [2.45, 2.75) is 19.3 Å². The van der Waals surface area contributed by atoms with Crippen LogP contribution in [0.5, 0.6) is 0 Å². The van der Waals surface area contributed by atoms with Gasteiger partial charge < -0.3 is 15.3 Å². The molecule has 1 atom stereocenters. The Labute approximate surface area is 140 Å². The van der Waals surface area contributed by atoms with Crippen molar-refractivity contribution in [3.05, 3.63) is 70.8 Å². The van der Waals surface area contributed by atoms with Crippen molar-refractivity contribution in [2.24, 2.45) is 5.92 Å². The first-order chi connectivity index (χ1) is 11.5. The van der Waals surface area contributed by atoms with Gasteiger partial charge in [-0.05, 0) is 60.6 Å². The Morgan fingerprint density at radius 1 is 0.792 bits per heavy atom. The van der Waals surface area contributed by atoms with Gasteiger partial charge in [-0.2, -0.15) is 0 Å². The third kappa shape index (κ3) is 4.93. The molecule has 24 heavy (non-hydrogen) atoms. The standard InChI is InChI=1S/C19H20O5/c20-12-15(11-14-5-9-17(10-6-14)19(23)24)2-1-13-3-7-16(8-4-13)18(21)22/h3-10,15,20H,1-2,11-12H2,(H,21,22)(H,23,24). The van der Waals surface area contributed by atoms with Gasteiger partial charge in [-0.25, -0.2) is 9.59 Å². The molecule has 0 radical (unpaired) electrons. The van der Waals surface area contributed by atoms with Gasteiger partial charge >= 0.3 is 11.9 Å². The number of aryl methyl sites for hydroxylation is 1. The first kappa shape index (κ1) is 17.7. The van der Waals surface area contributed by atoms with Gasteiger partial charge in [0, 0.05) is 6.61 Å². The minimum atomic E-state index is -0.954. The maximum absolute atomic E-state index is 10.8. The van der Waals surface area contributed by atoms with E-state index in [-0.39, 0.29) is 23.7 Å². The summed E-state index contributed by atoms with van der Waals surface area (Å²) in [4.78, 5) is 21.7. The van der Waals surface area contributed by atoms with Crippen LogP contribution in [-0.2, 0) is 12.8 Å². The molecule has 3 N–H and O–H groups in total. The number of aromatic carboxylic acids is 2. The summed E-state index contributed by atoms with van der Waals surface area (Å²) >= 11 is 0. The molecule has 5 heteroatoms. The van der Waals surface area contributed by atoms with Crippen molar-refractivity contribution < 1.29 is 24.9 Å². The van der Waals surface area contributed by atoms with Crippen LogP contribution in [0.25, 0.3) is 0 Å². The SMILES string of the molecule is O=C(O)c1ccc(CCC(CO)Cc2ccc(C(=O)O)cc2)cc1. The van der Waals surface area contributed by atoms with Crippen molar-refractivity contribution in [2.75, 3.05) is 6.61 Å². The number of hydrogen-bond acceptors (Lipinski definition) is 3. The second-order valence-corrected chi connectivity index (χ2v) is 5.80. The van der Waals surface area contributed by atoms with E-state index in [1.54, 1.807) is 48.5 Å². The highest BCUT2D eigenvalue weighted by atomic mass is 16.4. The lowest BCUT2D eigenvalue weighted by atomic mass is 9.93. The quantitative estimate of drug-likeness (QED) is 0.692. The van der Waals surface area contributed by atoms with Crippen molar-refractivity contribution in [3.8, 4) is 0 Å². The molecule has 0 saturated carbocycles. The zero-order valence-corrected chi connectivity index (χ0v) is 13.2. The van der Waals surface area contributed by atoms with Crippen LogP contribution in [0.3, 0.4) is 0 Å². The molecule has 2 rings (SSSR count). The van der Waals surface area contributed by atoms with Crippen LogP contribution in [0.2, 0.25) is 0 Å². The highest BCUT2D eigenvalue weighted by Crippen LogP contribution is 2.16. The zero-order valence-electron chi connectivity index (χ0n) is 13.2. The van der Waals surface area contributed by atoms with E-state index >= 15 is 0 Å². The zero-order chi connectivity index (χ0) is 17.5. The molecule has 0 aliphatic rings. The van der Waals surface area contributed by atoms with Gasteiger partial charge in [0.15, 0.2) is 0 Å².